The third-order valence-electron chi connectivity index (χ3n) is 3.96. The number of hydrogen-bond donors (Lipinski definition) is 0. The van der Waals surface area contributed by atoms with Crippen LogP contribution in [0.15, 0.2) is 85.5 Å². The average Bonchev–Trinajstić information content (AvgIpc) is 2.69. The summed E-state index contributed by atoms with van der Waals surface area (Å²) in [6.07, 6.45) is 6.97. The molecule has 3 aromatic heterocycles. The Morgan fingerprint density at radius 3 is 1.48 bits per heavy atom. The van der Waals surface area contributed by atoms with Crippen molar-refractivity contribution in [1.29, 1.82) is 0 Å². The van der Waals surface area contributed by atoms with Crippen LogP contribution in [0.2, 0.25) is 0 Å². The first-order valence-electron chi connectivity index (χ1n) is 7.88. The van der Waals surface area contributed by atoms with Crippen molar-refractivity contribution < 1.29 is 4.39 Å². The van der Waals surface area contributed by atoms with Crippen LogP contribution in [0.25, 0.3) is 33.6 Å². The third-order valence-corrected chi connectivity index (χ3v) is 3.96. The van der Waals surface area contributed by atoms with E-state index in [-0.39, 0.29) is 5.82 Å². The van der Waals surface area contributed by atoms with E-state index >= 15 is 0 Å². The summed E-state index contributed by atoms with van der Waals surface area (Å²) < 4.78 is 13.3. The molecular weight excluding hydrogens is 313 g/mol. The maximum Gasteiger partial charge on any atom is 0.123 e. The van der Waals surface area contributed by atoms with E-state index in [9.17, 15) is 4.39 Å². The van der Waals surface area contributed by atoms with Crippen LogP contribution in [0, 0.1) is 5.82 Å². The fraction of sp³-hybridized carbons (Fsp3) is 0. The Morgan fingerprint density at radius 2 is 1.00 bits per heavy atom. The lowest BCUT2D eigenvalue weighted by Gasteiger charge is -2.10. The van der Waals surface area contributed by atoms with E-state index in [1.54, 1.807) is 36.9 Å². The van der Waals surface area contributed by atoms with Gasteiger partial charge in [-0.1, -0.05) is 12.1 Å². The van der Waals surface area contributed by atoms with Crippen molar-refractivity contribution in [2.24, 2.45) is 0 Å². The summed E-state index contributed by atoms with van der Waals surface area (Å²) in [5, 5.41) is 0. The highest BCUT2D eigenvalue weighted by Crippen LogP contribution is 2.29. The van der Waals surface area contributed by atoms with E-state index in [1.807, 2.05) is 36.4 Å². The van der Waals surface area contributed by atoms with Crippen LogP contribution in [0.3, 0.4) is 0 Å². The van der Waals surface area contributed by atoms with Gasteiger partial charge in [-0.05, 0) is 59.7 Å². The summed E-state index contributed by atoms with van der Waals surface area (Å²) in [6, 6.07) is 18.2. The van der Waals surface area contributed by atoms with Crippen molar-refractivity contribution in [2.75, 3.05) is 0 Å². The molecule has 25 heavy (non-hydrogen) atoms. The molecule has 0 spiro atoms. The summed E-state index contributed by atoms with van der Waals surface area (Å²) >= 11 is 0. The van der Waals surface area contributed by atoms with Gasteiger partial charge < -0.3 is 0 Å². The Bertz CT molecular complexity index is 927. The topological polar surface area (TPSA) is 38.7 Å². The van der Waals surface area contributed by atoms with Crippen LogP contribution >= 0.6 is 0 Å². The summed E-state index contributed by atoms with van der Waals surface area (Å²) in [5.74, 6) is -0.249. The Morgan fingerprint density at radius 1 is 0.520 bits per heavy atom. The van der Waals surface area contributed by atoms with E-state index in [0.717, 1.165) is 33.6 Å². The van der Waals surface area contributed by atoms with Crippen LogP contribution in [-0.2, 0) is 0 Å². The van der Waals surface area contributed by atoms with Gasteiger partial charge >= 0.3 is 0 Å². The molecular formula is C21H14FN3. The Hall–Kier alpha value is -3.40. The number of rotatable bonds is 3. The highest BCUT2D eigenvalue weighted by Gasteiger charge is 2.09. The second kappa shape index (κ2) is 6.61. The van der Waals surface area contributed by atoms with Crippen LogP contribution in [0.1, 0.15) is 0 Å². The first-order valence-corrected chi connectivity index (χ1v) is 7.88. The van der Waals surface area contributed by atoms with Crippen molar-refractivity contribution >= 4 is 0 Å². The van der Waals surface area contributed by atoms with Gasteiger partial charge in [0.2, 0.25) is 0 Å². The van der Waals surface area contributed by atoms with Gasteiger partial charge in [-0.3, -0.25) is 9.97 Å². The maximum absolute atomic E-state index is 13.3. The molecule has 0 unspecified atom stereocenters. The minimum Gasteiger partial charge on any atom is -0.265 e. The molecule has 0 saturated carbocycles. The van der Waals surface area contributed by atoms with E-state index < -0.39 is 0 Å². The number of aromatic nitrogens is 3. The zero-order valence-corrected chi connectivity index (χ0v) is 13.3. The van der Waals surface area contributed by atoms with E-state index in [4.69, 9.17) is 4.98 Å². The second-order valence-electron chi connectivity index (χ2n) is 5.60. The molecule has 3 nitrogen and oxygen atoms in total. The van der Waals surface area contributed by atoms with Gasteiger partial charge in [-0.25, -0.2) is 9.37 Å². The lowest BCUT2D eigenvalue weighted by Crippen LogP contribution is -1.91. The van der Waals surface area contributed by atoms with Crippen molar-refractivity contribution in [3.05, 3.63) is 91.3 Å². The number of halogens is 1. The van der Waals surface area contributed by atoms with Crippen molar-refractivity contribution in [1.82, 2.24) is 15.0 Å². The van der Waals surface area contributed by atoms with Gasteiger partial charge in [0, 0.05) is 35.9 Å². The molecule has 0 fully saturated rings. The smallest absolute Gasteiger partial charge is 0.123 e. The van der Waals surface area contributed by atoms with E-state index in [2.05, 4.69) is 9.97 Å². The largest absolute Gasteiger partial charge is 0.265 e. The molecule has 0 atom stereocenters. The van der Waals surface area contributed by atoms with Gasteiger partial charge in [0.25, 0.3) is 0 Å². The predicted octanol–water partition coefficient (Wildman–Crippen LogP) is 5.01. The third kappa shape index (κ3) is 3.28. The second-order valence-corrected chi connectivity index (χ2v) is 5.60. The van der Waals surface area contributed by atoms with Gasteiger partial charge in [0.05, 0.1) is 11.4 Å². The fourth-order valence-corrected chi connectivity index (χ4v) is 2.68. The van der Waals surface area contributed by atoms with Crippen molar-refractivity contribution in [3.8, 4) is 33.6 Å². The standard InChI is InChI=1S/C21H14FN3/c22-19-3-1-15(2-4-19)18-13-20(16-5-9-23-10-6-16)25-21(14-18)17-7-11-24-12-8-17/h1-14H. The average molecular weight is 327 g/mol. The lowest BCUT2D eigenvalue weighted by molar-refractivity contribution is 0.628. The molecule has 0 amide bonds. The van der Waals surface area contributed by atoms with Crippen LogP contribution < -0.4 is 0 Å². The van der Waals surface area contributed by atoms with Gasteiger partial charge in [-0.15, -0.1) is 0 Å². The summed E-state index contributed by atoms with van der Waals surface area (Å²) in [5.41, 5.74) is 5.57. The number of pyridine rings is 3. The zero-order valence-electron chi connectivity index (χ0n) is 13.3. The van der Waals surface area contributed by atoms with Crippen LogP contribution in [0.4, 0.5) is 4.39 Å². The number of hydrogen-bond acceptors (Lipinski definition) is 3. The normalized spacial score (nSPS) is 10.6. The van der Waals surface area contributed by atoms with Crippen molar-refractivity contribution in [2.45, 2.75) is 0 Å². The summed E-state index contributed by atoms with van der Waals surface area (Å²) in [6.45, 7) is 0. The molecule has 4 rings (SSSR count). The summed E-state index contributed by atoms with van der Waals surface area (Å²) in [4.78, 5) is 12.9. The van der Waals surface area contributed by atoms with Crippen LogP contribution in [0.5, 0.6) is 0 Å². The van der Waals surface area contributed by atoms with E-state index in [1.165, 1.54) is 12.1 Å². The first-order chi connectivity index (χ1) is 12.3. The molecule has 0 aliphatic rings. The molecule has 0 N–H and O–H groups in total. The van der Waals surface area contributed by atoms with E-state index in [0.29, 0.717) is 0 Å². The van der Waals surface area contributed by atoms with Gasteiger partial charge in [0.15, 0.2) is 0 Å². The molecule has 120 valence electrons. The van der Waals surface area contributed by atoms with Crippen LogP contribution in [-0.4, -0.2) is 15.0 Å². The highest BCUT2D eigenvalue weighted by atomic mass is 19.1. The molecule has 4 heteroatoms. The summed E-state index contributed by atoms with van der Waals surface area (Å²) in [7, 11) is 0. The SMILES string of the molecule is Fc1ccc(-c2cc(-c3ccncc3)nc(-c3ccncc3)c2)cc1. The predicted molar refractivity (Wildman–Crippen MR) is 96.1 cm³/mol. The van der Waals surface area contributed by atoms with Gasteiger partial charge in [-0.2, -0.15) is 0 Å². The molecule has 0 aliphatic heterocycles. The van der Waals surface area contributed by atoms with Crippen molar-refractivity contribution in [3.63, 3.8) is 0 Å². The monoisotopic (exact) mass is 327 g/mol. The zero-order chi connectivity index (χ0) is 17.1. The molecule has 0 aliphatic carbocycles. The fourth-order valence-electron chi connectivity index (χ4n) is 2.68. The molecule has 0 bridgehead atoms. The Labute approximate surface area is 144 Å². The maximum atomic E-state index is 13.3. The minimum absolute atomic E-state index is 0.249. The Kier molecular flexibility index (Phi) is 4.01. The number of nitrogens with zero attached hydrogens (tertiary/aromatic N) is 3. The minimum atomic E-state index is -0.249. The molecule has 0 radical (unpaired) electrons. The molecule has 0 saturated heterocycles. The molecule has 3 heterocycles. The highest BCUT2D eigenvalue weighted by molar-refractivity contribution is 5.76. The Balaban J connectivity index is 1.90. The number of benzene rings is 1. The quantitative estimate of drug-likeness (QED) is 0.531. The van der Waals surface area contributed by atoms with Gasteiger partial charge in [0.1, 0.15) is 5.82 Å². The first kappa shape index (κ1) is 15.1. The lowest BCUT2D eigenvalue weighted by atomic mass is 10.0. The molecule has 1 aromatic carbocycles. The molecule has 4 aromatic rings.